The molecule has 0 unspecified atom stereocenters. The largest absolute Gasteiger partial charge is 0.207 e. The fraction of sp³-hybridized carbons (Fsp3) is 0.211. The van der Waals surface area contributed by atoms with Gasteiger partial charge in [-0.05, 0) is 49.1 Å². The summed E-state index contributed by atoms with van der Waals surface area (Å²) >= 11 is 0. The molecule has 0 fully saturated rings. The third-order valence-electron chi connectivity index (χ3n) is 4.14. The molecule has 3 rings (SSSR count). The summed E-state index contributed by atoms with van der Waals surface area (Å²) in [6.45, 7) is 5.83. The lowest BCUT2D eigenvalue weighted by Crippen LogP contribution is -2.37. The van der Waals surface area contributed by atoms with Gasteiger partial charge in [0.25, 0.3) is 0 Å². The second-order valence-corrected chi connectivity index (χ2v) is 5.95. The molecule has 0 aliphatic rings. The molecule has 0 atom stereocenters. The number of rotatable bonds is 2. The molecule has 0 saturated carbocycles. The molecule has 3 aromatic rings. The minimum atomic E-state index is -0.568. The van der Waals surface area contributed by atoms with Gasteiger partial charge < -0.3 is 0 Å². The summed E-state index contributed by atoms with van der Waals surface area (Å²) < 4.78 is 31.1. The Balaban J connectivity index is 2.21. The molecule has 1 heterocycles. The molecular formula is C19H19F2N2+. The van der Waals surface area contributed by atoms with Crippen LogP contribution in [0.2, 0.25) is 0 Å². The number of halogens is 2. The molecule has 1 aromatic heterocycles. The Hall–Kier alpha value is -2.49. The molecule has 23 heavy (non-hydrogen) atoms. The zero-order chi connectivity index (χ0) is 16.7. The van der Waals surface area contributed by atoms with Crippen LogP contribution in [0.15, 0.2) is 42.7 Å². The number of benzene rings is 2. The van der Waals surface area contributed by atoms with E-state index in [1.54, 1.807) is 11.6 Å². The van der Waals surface area contributed by atoms with Crippen molar-refractivity contribution in [3.63, 3.8) is 0 Å². The molecule has 0 spiro atoms. The van der Waals surface area contributed by atoms with Crippen LogP contribution in [0, 0.1) is 32.4 Å². The van der Waals surface area contributed by atoms with Gasteiger partial charge in [-0.3, -0.25) is 0 Å². The topological polar surface area (TPSA) is 8.81 Å². The van der Waals surface area contributed by atoms with E-state index in [-0.39, 0.29) is 0 Å². The van der Waals surface area contributed by atoms with E-state index in [4.69, 9.17) is 0 Å². The van der Waals surface area contributed by atoms with Gasteiger partial charge in [-0.1, -0.05) is 18.2 Å². The molecule has 0 bridgehead atoms. The quantitative estimate of drug-likeness (QED) is 0.628. The standard InChI is InChI=1S/C19H19F2N2/c1-12-6-5-7-13(2)18(12)15-10-22(4)23(11-15)19-14(3)8-16(20)9-17(19)21/h5-11H,1-4H3/q+1. The first-order valence-corrected chi connectivity index (χ1v) is 7.49. The van der Waals surface area contributed by atoms with Gasteiger partial charge in [0, 0.05) is 6.07 Å². The lowest BCUT2D eigenvalue weighted by Gasteiger charge is -2.07. The predicted molar refractivity (Wildman–Crippen MR) is 86.5 cm³/mol. The zero-order valence-corrected chi connectivity index (χ0v) is 13.7. The predicted octanol–water partition coefficient (Wildman–Crippen LogP) is 4.17. The lowest BCUT2D eigenvalue weighted by atomic mass is 9.98. The Kier molecular flexibility index (Phi) is 3.76. The third-order valence-corrected chi connectivity index (χ3v) is 4.14. The van der Waals surface area contributed by atoms with E-state index < -0.39 is 11.6 Å². The summed E-state index contributed by atoms with van der Waals surface area (Å²) in [4.78, 5) is 0. The molecule has 0 aliphatic carbocycles. The van der Waals surface area contributed by atoms with Gasteiger partial charge in [-0.25, -0.2) is 8.78 Å². The summed E-state index contributed by atoms with van der Waals surface area (Å²) in [5, 5.41) is 0. The van der Waals surface area contributed by atoms with Crippen LogP contribution in [0.1, 0.15) is 16.7 Å². The highest BCUT2D eigenvalue weighted by atomic mass is 19.1. The first kappa shape index (κ1) is 15.4. The number of hydrogen-bond acceptors (Lipinski definition) is 0. The van der Waals surface area contributed by atoms with Gasteiger partial charge in [0.15, 0.2) is 12.9 Å². The molecule has 118 valence electrons. The smallest absolute Gasteiger partial charge is 0.203 e. The SMILES string of the molecule is Cc1cccc(C)c1-c1cn(-c2c(C)cc(F)cc2F)[n+](C)c1. The highest BCUT2D eigenvalue weighted by Gasteiger charge is 2.20. The van der Waals surface area contributed by atoms with Gasteiger partial charge in [-0.15, -0.1) is 9.36 Å². The van der Waals surface area contributed by atoms with Crippen molar-refractivity contribution in [1.29, 1.82) is 0 Å². The molecule has 2 aromatic carbocycles. The summed E-state index contributed by atoms with van der Waals surface area (Å²) in [7, 11) is 1.85. The van der Waals surface area contributed by atoms with Crippen molar-refractivity contribution < 1.29 is 13.5 Å². The molecule has 2 nitrogen and oxygen atoms in total. The van der Waals surface area contributed by atoms with E-state index in [9.17, 15) is 8.78 Å². The summed E-state index contributed by atoms with van der Waals surface area (Å²) in [5.74, 6) is -1.13. The maximum Gasteiger partial charge on any atom is 0.203 e. The summed E-state index contributed by atoms with van der Waals surface area (Å²) in [6.07, 6.45) is 3.84. The number of hydrogen-bond donors (Lipinski definition) is 0. The van der Waals surface area contributed by atoms with Gasteiger partial charge in [0.1, 0.15) is 11.5 Å². The molecule has 0 radical (unpaired) electrons. The van der Waals surface area contributed by atoms with E-state index in [1.807, 2.05) is 30.2 Å². The van der Waals surface area contributed by atoms with Crippen molar-refractivity contribution >= 4 is 0 Å². The second kappa shape index (κ2) is 5.61. The Morgan fingerprint density at radius 1 is 0.957 bits per heavy atom. The molecule has 4 heteroatoms. The second-order valence-electron chi connectivity index (χ2n) is 5.95. The number of aromatic nitrogens is 2. The monoisotopic (exact) mass is 313 g/mol. The summed E-state index contributed by atoms with van der Waals surface area (Å²) in [5.41, 5.74) is 5.40. The van der Waals surface area contributed by atoms with Crippen molar-refractivity contribution in [2.24, 2.45) is 7.05 Å². The highest BCUT2D eigenvalue weighted by molar-refractivity contribution is 5.69. The molecule has 0 aliphatic heterocycles. The maximum absolute atomic E-state index is 14.3. The first-order chi connectivity index (χ1) is 10.9. The first-order valence-electron chi connectivity index (χ1n) is 7.49. The summed E-state index contributed by atoms with van der Waals surface area (Å²) in [6, 6.07) is 8.40. The molecule has 0 amide bonds. The van der Waals surface area contributed by atoms with E-state index in [2.05, 4.69) is 26.0 Å². The van der Waals surface area contributed by atoms with Crippen molar-refractivity contribution in [3.8, 4) is 16.8 Å². The van der Waals surface area contributed by atoms with Crippen LogP contribution in [-0.2, 0) is 7.05 Å². The van der Waals surface area contributed by atoms with E-state index >= 15 is 0 Å². The van der Waals surface area contributed by atoms with Crippen LogP contribution in [0.4, 0.5) is 8.78 Å². The number of nitrogens with zero attached hydrogens (tertiary/aromatic N) is 2. The van der Waals surface area contributed by atoms with Crippen LogP contribution < -0.4 is 4.68 Å². The van der Waals surface area contributed by atoms with Crippen LogP contribution >= 0.6 is 0 Å². The van der Waals surface area contributed by atoms with Crippen LogP contribution in [-0.4, -0.2) is 4.68 Å². The normalized spacial score (nSPS) is 11.0. The van der Waals surface area contributed by atoms with Gasteiger partial charge in [-0.2, -0.15) is 0 Å². The average molecular weight is 313 g/mol. The van der Waals surface area contributed by atoms with Gasteiger partial charge in [0.2, 0.25) is 6.20 Å². The minimum Gasteiger partial charge on any atom is -0.207 e. The minimum absolute atomic E-state index is 0.367. The van der Waals surface area contributed by atoms with Crippen LogP contribution in [0.5, 0.6) is 0 Å². The maximum atomic E-state index is 14.3. The van der Waals surface area contributed by atoms with Crippen LogP contribution in [0.25, 0.3) is 16.8 Å². The van der Waals surface area contributed by atoms with Crippen LogP contribution in [0.3, 0.4) is 0 Å². The van der Waals surface area contributed by atoms with Crippen molar-refractivity contribution in [2.45, 2.75) is 20.8 Å². The third kappa shape index (κ3) is 2.65. The van der Waals surface area contributed by atoms with Gasteiger partial charge in [0.05, 0.1) is 11.8 Å². The lowest BCUT2D eigenvalue weighted by molar-refractivity contribution is -0.744. The molecule has 0 saturated heterocycles. The van der Waals surface area contributed by atoms with Crippen molar-refractivity contribution in [3.05, 3.63) is 71.1 Å². The Morgan fingerprint density at radius 2 is 1.61 bits per heavy atom. The molecular weight excluding hydrogens is 294 g/mol. The Bertz CT molecular complexity index is 851. The van der Waals surface area contributed by atoms with E-state index in [0.717, 1.165) is 17.2 Å². The van der Waals surface area contributed by atoms with E-state index in [1.165, 1.54) is 17.2 Å². The average Bonchev–Trinajstić information content (AvgIpc) is 2.79. The highest BCUT2D eigenvalue weighted by Crippen LogP contribution is 2.28. The van der Waals surface area contributed by atoms with Gasteiger partial charge >= 0.3 is 0 Å². The van der Waals surface area contributed by atoms with Crippen molar-refractivity contribution in [1.82, 2.24) is 4.68 Å². The Labute approximate surface area is 134 Å². The Morgan fingerprint density at radius 3 is 2.22 bits per heavy atom. The fourth-order valence-electron chi connectivity index (χ4n) is 3.13. The fourth-order valence-corrected chi connectivity index (χ4v) is 3.13. The number of aryl methyl sites for hydroxylation is 4. The zero-order valence-electron chi connectivity index (χ0n) is 13.7. The van der Waals surface area contributed by atoms with Crippen molar-refractivity contribution in [2.75, 3.05) is 0 Å². The van der Waals surface area contributed by atoms with E-state index in [0.29, 0.717) is 11.3 Å². The molecule has 0 N–H and O–H groups in total.